The molecule has 1 N–H and O–H groups in total. The highest BCUT2D eigenvalue weighted by molar-refractivity contribution is 5.87. The fourth-order valence-corrected chi connectivity index (χ4v) is 2.17. The standard InChI is InChI=1S/C13H19NO4/c1-13(16)4-6-14(7-5-13)9-10-3-8-18-11(10)12(15)17-2/h3,8,16H,4-7,9H2,1-2H3. The molecule has 0 bridgehead atoms. The first-order chi connectivity index (χ1) is 8.52. The second-order valence-corrected chi connectivity index (χ2v) is 5.04. The predicted molar refractivity (Wildman–Crippen MR) is 65.2 cm³/mol. The largest absolute Gasteiger partial charge is 0.463 e. The summed E-state index contributed by atoms with van der Waals surface area (Å²) < 4.78 is 9.82. The van der Waals surface area contributed by atoms with E-state index in [1.807, 2.05) is 6.92 Å². The minimum absolute atomic E-state index is 0.273. The summed E-state index contributed by atoms with van der Waals surface area (Å²) in [6.07, 6.45) is 3.00. The second-order valence-electron chi connectivity index (χ2n) is 5.04. The number of hydrogen-bond donors (Lipinski definition) is 1. The van der Waals surface area contributed by atoms with E-state index < -0.39 is 11.6 Å². The zero-order valence-corrected chi connectivity index (χ0v) is 10.8. The summed E-state index contributed by atoms with van der Waals surface area (Å²) in [4.78, 5) is 13.7. The van der Waals surface area contributed by atoms with Gasteiger partial charge in [0.25, 0.3) is 0 Å². The molecule has 5 heteroatoms. The number of rotatable bonds is 3. The van der Waals surface area contributed by atoms with E-state index in [0.29, 0.717) is 6.54 Å². The number of furan rings is 1. The van der Waals surface area contributed by atoms with Crippen LogP contribution in [0.3, 0.4) is 0 Å². The Hall–Kier alpha value is -1.33. The number of hydrogen-bond acceptors (Lipinski definition) is 5. The highest BCUT2D eigenvalue weighted by Crippen LogP contribution is 2.23. The molecule has 0 radical (unpaired) electrons. The van der Waals surface area contributed by atoms with Crippen molar-refractivity contribution in [2.75, 3.05) is 20.2 Å². The lowest BCUT2D eigenvalue weighted by atomic mass is 9.93. The van der Waals surface area contributed by atoms with Crippen LogP contribution in [0, 0.1) is 0 Å². The molecule has 2 rings (SSSR count). The molecule has 18 heavy (non-hydrogen) atoms. The summed E-state index contributed by atoms with van der Waals surface area (Å²) in [5, 5.41) is 9.88. The van der Waals surface area contributed by atoms with Crippen molar-refractivity contribution in [3.63, 3.8) is 0 Å². The lowest BCUT2D eigenvalue weighted by Crippen LogP contribution is -2.42. The minimum Gasteiger partial charge on any atom is -0.463 e. The highest BCUT2D eigenvalue weighted by Gasteiger charge is 2.28. The molecule has 0 atom stereocenters. The number of piperidine rings is 1. The van der Waals surface area contributed by atoms with Crippen molar-refractivity contribution in [2.45, 2.75) is 31.9 Å². The van der Waals surface area contributed by atoms with Gasteiger partial charge in [-0.1, -0.05) is 0 Å². The van der Waals surface area contributed by atoms with E-state index in [0.717, 1.165) is 31.5 Å². The quantitative estimate of drug-likeness (QED) is 0.825. The van der Waals surface area contributed by atoms with Crippen molar-refractivity contribution in [2.24, 2.45) is 0 Å². The van der Waals surface area contributed by atoms with Crippen LogP contribution in [0.5, 0.6) is 0 Å². The molecular weight excluding hydrogens is 234 g/mol. The SMILES string of the molecule is COC(=O)c1occc1CN1CCC(C)(O)CC1. The highest BCUT2D eigenvalue weighted by atomic mass is 16.5. The lowest BCUT2D eigenvalue weighted by Gasteiger charge is -2.35. The van der Waals surface area contributed by atoms with Gasteiger partial charge in [-0.15, -0.1) is 0 Å². The average Bonchev–Trinajstić information content (AvgIpc) is 2.79. The van der Waals surface area contributed by atoms with Crippen molar-refractivity contribution in [3.8, 4) is 0 Å². The Balaban J connectivity index is 1.98. The molecule has 0 unspecified atom stereocenters. The van der Waals surface area contributed by atoms with Gasteiger partial charge in [0.2, 0.25) is 5.76 Å². The van der Waals surface area contributed by atoms with E-state index in [1.54, 1.807) is 6.07 Å². The van der Waals surface area contributed by atoms with Gasteiger partial charge in [0.05, 0.1) is 19.0 Å². The van der Waals surface area contributed by atoms with Crippen LogP contribution in [0.15, 0.2) is 16.7 Å². The number of esters is 1. The van der Waals surface area contributed by atoms with Crippen LogP contribution in [-0.2, 0) is 11.3 Å². The Morgan fingerprint density at radius 1 is 1.56 bits per heavy atom. The summed E-state index contributed by atoms with van der Waals surface area (Å²) in [7, 11) is 1.34. The van der Waals surface area contributed by atoms with Crippen LogP contribution in [0.4, 0.5) is 0 Å². The molecule has 2 heterocycles. The molecule has 0 aliphatic carbocycles. The van der Waals surface area contributed by atoms with Gasteiger partial charge in [0, 0.05) is 25.2 Å². The van der Waals surface area contributed by atoms with E-state index in [4.69, 9.17) is 4.42 Å². The van der Waals surface area contributed by atoms with Gasteiger partial charge >= 0.3 is 5.97 Å². The van der Waals surface area contributed by atoms with Crippen LogP contribution in [-0.4, -0.2) is 41.8 Å². The normalized spacial score (nSPS) is 19.7. The third kappa shape index (κ3) is 2.91. The Kier molecular flexibility index (Phi) is 3.73. The van der Waals surface area contributed by atoms with Crippen LogP contribution in [0.1, 0.15) is 35.9 Å². The van der Waals surface area contributed by atoms with Crippen LogP contribution in [0.2, 0.25) is 0 Å². The van der Waals surface area contributed by atoms with Crippen molar-refractivity contribution in [1.29, 1.82) is 0 Å². The Morgan fingerprint density at radius 3 is 2.83 bits per heavy atom. The van der Waals surface area contributed by atoms with Crippen molar-refractivity contribution < 1.29 is 19.1 Å². The molecule has 0 amide bonds. The second kappa shape index (κ2) is 5.12. The maximum atomic E-state index is 11.5. The summed E-state index contributed by atoms with van der Waals surface area (Å²) >= 11 is 0. The van der Waals surface area contributed by atoms with Crippen LogP contribution in [0.25, 0.3) is 0 Å². The van der Waals surface area contributed by atoms with Crippen LogP contribution >= 0.6 is 0 Å². The van der Waals surface area contributed by atoms with Gasteiger partial charge in [-0.2, -0.15) is 0 Å². The third-order valence-corrected chi connectivity index (χ3v) is 3.44. The van der Waals surface area contributed by atoms with Gasteiger partial charge in [-0.3, -0.25) is 4.90 Å². The first-order valence-corrected chi connectivity index (χ1v) is 6.11. The first kappa shape index (κ1) is 13.1. The maximum Gasteiger partial charge on any atom is 0.374 e. The topological polar surface area (TPSA) is 62.9 Å². The van der Waals surface area contributed by atoms with Crippen molar-refractivity contribution in [1.82, 2.24) is 4.90 Å². The Morgan fingerprint density at radius 2 is 2.22 bits per heavy atom. The average molecular weight is 253 g/mol. The smallest absolute Gasteiger partial charge is 0.374 e. The zero-order chi connectivity index (χ0) is 13.2. The van der Waals surface area contributed by atoms with E-state index in [2.05, 4.69) is 9.64 Å². The molecule has 1 aliphatic rings. The number of carbonyl (C=O) groups is 1. The van der Waals surface area contributed by atoms with E-state index in [9.17, 15) is 9.90 Å². The molecule has 100 valence electrons. The lowest BCUT2D eigenvalue weighted by molar-refractivity contribution is -0.00750. The molecule has 1 aromatic rings. The van der Waals surface area contributed by atoms with E-state index >= 15 is 0 Å². The molecule has 0 aromatic carbocycles. The van der Waals surface area contributed by atoms with Gasteiger partial charge in [0.1, 0.15) is 0 Å². The summed E-state index contributed by atoms with van der Waals surface area (Å²) in [5.41, 5.74) is 0.279. The molecule has 1 saturated heterocycles. The van der Waals surface area contributed by atoms with Gasteiger partial charge < -0.3 is 14.3 Å². The Labute approximate surface area is 106 Å². The van der Waals surface area contributed by atoms with Crippen molar-refractivity contribution >= 4 is 5.97 Å². The fraction of sp³-hybridized carbons (Fsp3) is 0.615. The zero-order valence-electron chi connectivity index (χ0n) is 10.8. The number of nitrogens with zero attached hydrogens (tertiary/aromatic N) is 1. The molecule has 0 spiro atoms. The molecule has 1 fully saturated rings. The number of carbonyl (C=O) groups excluding carboxylic acids is 1. The number of likely N-dealkylation sites (tertiary alicyclic amines) is 1. The third-order valence-electron chi connectivity index (χ3n) is 3.44. The summed E-state index contributed by atoms with van der Waals surface area (Å²) in [6, 6.07) is 1.79. The predicted octanol–water partition coefficient (Wildman–Crippen LogP) is 1.41. The van der Waals surface area contributed by atoms with Gasteiger partial charge in [-0.25, -0.2) is 4.79 Å². The molecular formula is C13H19NO4. The molecule has 1 aliphatic heterocycles. The maximum absolute atomic E-state index is 11.5. The molecule has 1 aromatic heterocycles. The van der Waals surface area contributed by atoms with E-state index in [1.165, 1.54) is 13.4 Å². The van der Waals surface area contributed by atoms with Gasteiger partial charge in [0.15, 0.2) is 0 Å². The van der Waals surface area contributed by atoms with E-state index in [-0.39, 0.29) is 5.76 Å². The number of ether oxygens (including phenoxy) is 1. The molecule has 0 saturated carbocycles. The van der Waals surface area contributed by atoms with Gasteiger partial charge in [-0.05, 0) is 25.8 Å². The number of aliphatic hydroxyl groups is 1. The summed E-state index contributed by atoms with van der Waals surface area (Å²) in [6.45, 7) is 4.15. The fourth-order valence-electron chi connectivity index (χ4n) is 2.17. The number of methoxy groups -OCH3 is 1. The Bertz CT molecular complexity index is 414. The van der Waals surface area contributed by atoms with Crippen molar-refractivity contribution in [3.05, 3.63) is 23.7 Å². The van der Waals surface area contributed by atoms with Crippen LogP contribution < -0.4 is 0 Å². The minimum atomic E-state index is -0.557. The summed E-state index contributed by atoms with van der Waals surface area (Å²) in [5.74, 6) is -0.172. The molecule has 5 nitrogen and oxygen atoms in total. The monoisotopic (exact) mass is 253 g/mol. The first-order valence-electron chi connectivity index (χ1n) is 6.11.